The van der Waals surface area contributed by atoms with Gasteiger partial charge in [-0.25, -0.2) is 4.79 Å². The van der Waals surface area contributed by atoms with Gasteiger partial charge in [0.05, 0.1) is 6.61 Å². The molecule has 0 aliphatic heterocycles. The van der Waals surface area contributed by atoms with E-state index in [9.17, 15) is 4.79 Å². The maximum atomic E-state index is 11.8. The van der Waals surface area contributed by atoms with Crippen molar-refractivity contribution in [3.63, 3.8) is 0 Å². The zero-order chi connectivity index (χ0) is 11.7. The summed E-state index contributed by atoms with van der Waals surface area (Å²) in [5.74, 6) is 0. The van der Waals surface area contributed by atoms with Crippen LogP contribution in [0.15, 0.2) is 0 Å². The first-order valence-corrected chi connectivity index (χ1v) is 5.86. The second-order valence-electron chi connectivity index (χ2n) is 3.62. The van der Waals surface area contributed by atoms with Gasteiger partial charge in [0.25, 0.3) is 0 Å². The molecule has 0 aromatic carbocycles. The lowest BCUT2D eigenvalue weighted by molar-refractivity contribution is 0.148. The van der Waals surface area contributed by atoms with Gasteiger partial charge in [-0.2, -0.15) is 0 Å². The Labute approximate surface area is 92.7 Å². The van der Waals surface area contributed by atoms with Crippen LogP contribution in [-0.4, -0.2) is 41.8 Å². The number of carbonyl (C=O) groups is 1. The van der Waals surface area contributed by atoms with Crippen molar-refractivity contribution in [2.45, 2.75) is 46.1 Å². The van der Waals surface area contributed by atoms with E-state index in [-0.39, 0.29) is 18.7 Å². The molecule has 0 aliphatic rings. The van der Waals surface area contributed by atoms with Crippen molar-refractivity contribution in [1.82, 2.24) is 10.2 Å². The first-order valence-electron chi connectivity index (χ1n) is 5.86. The molecule has 0 saturated heterocycles. The highest BCUT2D eigenvalue weighted by Gasteiger charge is 2.19. The molecule has 0 aromatic heterocycles. The van der Waals surface area contributed by atoms with Crippen molar-refractivity contribution in [2.24, 2.45) is 0 Å². The third-order valence-electron chi connectivity index (χ3n) is 2.51. The third-order valence-corrected chi connectivity index (χ3v) is 2.51. The fraction of sp³-hybridized carbons (Fsp3) is 0.909. The molecule has 0 spiro atoms. The number of aliphatic hydroxyl groups excluding tert-OH is 1. The monoisotopic (exact) mass is 216 g/mol. The van der Waals surface area contributed by atoms with Gasteiger partial charge in [-0.05, 0) is 19.3 Å². The average Bonchev–Trinajstić information content (AvgIpc) is 2.26. The maximum absolute atomic E-state index is 11.8. The summed E-state index contributed by atoms with van der Waals surface area (Å²) in [6.07, 6.45) is 2.79. The number of rotatable bonds is 7. The van der Waals surface area contributed by atoms with Crippen molar-refractivity contribution in [1.29, 1.82) is 0 Å². The number of nitrogens with one attached hydrogen (secondary N) is 1. The molecule has 0 saturated carbocycles. The minimum absolute atomic E-state index is 0.0239. The Balaban J connectivity index is 4.28. The SMILES string of the molecule is CCCNC(=O)N(CCO)C(CC)CC. The van der Waals surface area contributed by atoms with Gasteiger partial charge in [0.15, 0.2) is 0 Å². The molecular weight excluding hydrogens is 192 g/mol. The maximum Gasteiger partial charge on any atom is 0.317 e. The van der Waals surface area contributed by atoms with E-state index in [4.69, 9.17) is 5.11 Å². The van der Waals surface area contributed by atoms with Crippen LogP contribution in [0.1, 0.15) is 40.0 Å². The molecule has 0 heterocycles. The fourth-order valence-electron chi connectivity index (χ4n) is 1.62. The zero-order valence-corrected chi connectivity index (χ0v) is 10.1. The van der Waals surface area contributed by atoms with Gasteiger partial charge in [0, 0.05) is 19.1 Å². The largest absolute Gasteiger partial charge is 0.395 e. The molecule has 4 nitrogen and oxygen atoms in total. The Morgan fingerprint density at radius 3 is 2.33 bits per heavy atom. The van der Waals surface area contributed by atoms with Crippen molar-refractivity contribution in [2.75, 3.05) is 19.7 Å². The molecule has 90 valence electrons. The first-order chi connectivity index (χ1) is 7.21. The van der Waals surface area contributed by atoms with E-state index in [1.807, 2.05) is 6.92 Å². The Morgan fingerprint density at radius 1 is 1.33 bits per heavy atom. The summed E-state index contributed by atoms with van der Waals surface area (Å²) in [7, 11) is 0. The van der Waals surface area contributed by atoms with Crippen LogP contribution >= 0.6 is 0 Å². The minimum atomic E-state index is -0.0559. The highest BCUT2D eigenvalue weighted by molar-refractivity contribution is 5.74. The Hall–Kier alpha value is -0.770. The van der Waals surface area contributed by atoms with Gasteiger partial charge in [0.2, 0.25) is 0 Å². The third kappa shape index (κ3) is 5.02. The molecule has 0 atom stereocenters. The Kier molecular flexibility index (Phi) is 8.09. The first kappa shape index (κ1) is 14.2. The summed E-state index contributed by atoms with van der Waals surface area (Å²) in [6.45, 7) is 7.28. The molecule has 0 rings (SSSR count). The second kappa shape index (κ2) is 8.53. The molecule has 0 fully saturated rings. The topological polar surface area (TPSA) is 52.6 Å². The molecule has 15 heavy (non-hydrogen) atoms. The normalized spacial score (nSPS) is 10.5. The molecular formula is C11H24N2O2. The van der Waals surface area contributed by atoms with E-state index < -0.39 is 0 Å². The van der Waals surface area contributed by atoms with E-state index >= 15 is 0 Å². The van der Waals surface area contributed by atoms with Crippen LogP contribution in [-0.2, 0) is 0 Å². The summed E-state index contributed by atoms with van der Waals surface area (Å²) in [6, 6.07) is 0.175. The van der Waals surface area contributed by atoms with Crippen molar-refractivity contribution in [3.8, 4) is 0 Å². The van der Waals surface area contributed by atoms with E-state index in [1.54, 1.807) is 4.90 Å². The summed E-state index contributed by atoms with van der Waals surface area (Å²) < 4.78 is 0. The van der Waals surface area contributed by atoms with Crippen LogP contribution in [0.3, 0.4) is 0 Å². The van der Waals surface area contributed by atoms with Gasteiger partial charge in [-0.3, -0.25) is 0 Å². The zero-order valence-electron chi connectivity index (χ0n) is 10.1. The molecule has 0 unspecified atom stereocenters. The number of urea groups is 1. The van der Waals surface area contributed by atoms with Crippen LogP contribution in [0.4, 0.5) is 4.79 Å². The van der Waals surface area contributed by atoms with Crippen LogP contribution in [0.25, 0.3) is 0 Å². The van der Waals surface area contributed by atoms with Crippen molar-refractivity contribution in [3.05, 3.63) is 0 Å². The van der Waals surface area contributed by atoms with E-state index in [0.717, 1.165) is 19.3 Å². The lowest BCUT2D eigenvalue weighted by Gasteiger charge is -2.30. The van der Waals surface area contributed by atoms with E-state index in [0.29, 0.717) is 13.1 Å². The second-order valence-corrected chi connectivity index (χ2v) is 3.62. The smallest absolute Gasteiger partial charge is 0.317 e. The molecule has 0 aliphatic carbocycles. The molecule has 2 N–H and O–H groups in total. The fourth-order valence-corrected chi connectivity index (χ4v) is 1.62. The summed E-state index contributed by atoms with van der Waals surface area (Å²) in [5.41, 5.74) is 0. The lowest BCUT2D eigenvalue weighted by Crippen LogP contribution is -2.47. The van der Waals surface area contributed by atoms with Gasteiger partial charge < -0.3 is 15.3 Å². The lowest BCUT2D eigenvalue weighted by atomic mass is 10.1. The number of hydrogen-bond donors (Lipinski definition) is 2. The summed E-state index contributed by atoms with van der Waals surface area (Å²) in [5, 5.41) is 11.8. The number of aliphatic hydroxyl groups is 1. The minimum Gasteiger partial charge on any atom is -0.395 e. The number of hydrogen-bond acceptors (Lipinski definition) is 2. The summed E-state index contributed by atoms with van der Waals surface area (Å²) in [4.78, 5) is 13.5. The van der Waals surface area contributed by atoms with Gasteiger partial charge >= 0.3 is 6.03 Å². The summed E-state index contributed by atoms with van der Waals surface area (Å²) >= 11 is 0. The highest BCUT2D eigenvalue weighted by atomic mass is 16.3. The molecule has 0 radical (unpaired) electrons. The number of carbonyl (C=O) groups excluding carboxylic acids is 1. The predicted molar refractivity (Wildman–Crippen MR) is 61.9 cm³/mol. The van der Waals surface area contributed by atoms with Crippen molar-refractivity contribution >= 4 is 6.03 Å². The molecule has 0 bridgehead atoms. The average molecular weight is 216 g/mol. The predicted octanol–water partition coefficient (Wildman–Crippen LogP) is 1.59. The van der Waals surface area contributed by atoms with Gasteiger partial charge in [-0.1, -0.05) is 20.8 Å². The van der Waals surface area contributed by atoms with Crippen LogP contribution in [0.2, 0.25) is 0 Å². The molecule has 4 heteroatoms. The molecule has 2 amide bonds. The molecule has 0 aromatic rings. The van der Waals surface area contributed by atoms with Crippen LogP contribution in [0.5, 0.6) is 0 Å². The van der Waals surface area contributed by atoms with Gasteiger partial charge in [-0.15, -0.1) is 0 Å². The standard InChI is InChI=1S/C11H24N2O2/c1-4-7-12-11(15)13(8-9-14)10(5-2)6-3/h10,14H,4-9H2,1-3H3,(H,12,15). The van der Waals surface area contributed by atoms with Gasteiger partial charge in [0.1, 0.15) is 0 Å². The van der Waals surface area contributed by atoms with E-state index in [2.05, 4.69) is 19.2 Å². The van der Waals surface area contributed by atoms with Crippen LogP contribution in [0, 0.1) is 0 Å². The quantitative estimate of drug-likeness (QED) is 0.679. The van der Waals surface area contributed by atoms with E-state index in [1.165, 1.54) is 0 Å². The highest BCUT2D eigenvalue weighted by Crippen LogP contribution is 2.08. The Bertz CT molecular complexity index is 170. The van der Waals surface area contributed by atoms with Crippen molar-refractivity contribution < 1.29 is 9.90 Å². The Morgan fingerprint density at radius 2 is 1.93 bits per heavy atom. The van der Waals surface area contributed by atoms with Crippen LogP contribution < -0.4 is 5.32 Å². The number of nitrogens with zero attached hydrogens (tertiary/aromatic N) is 1. The number of amides is 2.